The summed E-state index contributed by atoms with van der Waals surface area (Å²) in [6.45, 7) is -0.0234. The first-order chi connectivity index (χ1) is 10.5. The van der Waals surface area contributed by atoms with Gasteiger partial charge in [0.25, 0.3) is 0 Å². The number of carbonyl (C=O) groups excluding carboxylic acids is 1. The minimum Gasteiger partial charge on any atom is -0.349 e. The number of alkyl halides is 3. The minimum atomic E-state index is -4.45. The van der Waals surface area contributed by atoms with E-state index >= 15 is 0 Å². The molecule has 3 N–H and O–H groups in total. The maximum Gasteiger partial charge on any atom is 0.405 e. The lowest BCUT2D eigenvalue weighted by atomic mass is 9.87. The van der Waals surface area contributed by atoms with E-state index in [9.17, 15) is 18.0 Å². The van der Waals surface area contributed by atoms with E-state index in [1.165, 1.54) is 0 Å². The average Bonchev–Trinajstić information content (AvgIpc) is 2.97. The zero-order valence-corrected chi connectivity index (χ0v) is 11.9. The molecule has 2 aliphatic rings. The molecule has 1 aromatic carbocycles. The van der Waals surface area contributed by atoms with Gasteiger partial charge < -0.3 is 5.32 Å². The summed E-state index contributed by atoms with van der Waals surface area (Å²) in [5.74, 6) is -1.70. The van der Waals surface area contributed by atoms with Gasteiger partial charge in [-0.2, -0.15) is 13.2 Å². The molecule has 0 spiro atoms. The van der Waals surface area contributed by atoms with Gasteiger partial charge in [0.05, 0.1) is 12.0 Å². The van der Waals surface area contributed by atoms with Crippen LogP contribution in [0.15, 0.2) is 24.3 Å². The quantitative estimate of drug-likeness (QED) is 0.781. The summed E-state index contributed by atoms with van der Waals surface area (Å²) in [6.07, 6.45) is -1.82. The van der Waals surface area contributed by atoms with Gasteiger partial charge in [-0.05, 0) is 30.4 Å². The number of hydrogen-bond acceptors (Lipinski definition) is 3. The Bertz CT molecular complexity index is 561. The number of hydrazine groups is 1. The predicted octanol–water partition coefficient (Wildman–Crippen LogP) is 1.84. The number of aryl methyl sites for hydroxylation is 1. The van der Waals surface area contributed by atoms with Crippen LogP contribution in [-0.2, 0) is 11.2 Å². The van der Waals surface area contributed by atoms with E-state index in [0.717, 1.165) is 30.4 Å². The molecule has 1 aliphatic carbocycles. The Morgan fingerprint density at radius 1 is 1.27 bits per heavy atom. The molecular weight excluding hydrogens is 295 g/mol. The van der Waals surface area contributed by atoms with Crippen molar-refractivity contribution in [2.75, 3.05) is 6.54 Å². The lowest BCUT2D eigenvalue weighted by Crippen LogP contribution is -2.49. The molecular formula is C15H18F3N3O. The van der Waals surface area contributed by atoms with E-state index in [-0.39, 0.29) is 12.6 Å². The highest BCUT2D eigenvalue weighted by Crippen LogP contribution is 2.31. The van der Waals surface area contributed by atoms with Crippen molar-refractivity contribution in [3.05, 3.63) is 35.4 Å². The fraction of sp³-hybridized carbons (Fsp3) is 0.533. The van der Waals surface area contributed by atoms with Gasteiger partial charge in [0, 0.05) is 6.54 Å². The van der Waals surface area contributed by atoms with Gasteiger partial charge in [-0.3, -0.25) is 10.2 Å². The second-order valence-corrected chi connectivity index (χ2v) is 5.80. The molecule has 1 saturated heterocycles. The van der Waals surface area contributed by atoms with Gasteiger partial charge in [-0.1, -0.05) is 24.3 Å². The maximum atomic E-state index is 12.9. The Kier molecular flexibility index (Phi) is 4.10. The van der Waals surface area contributed by atoms with Crippen LogP contribution in [0, 0.1) is 5.92 Å². The van der Waals surface area contributed by atoms with Crippen molar-refractivity contribution in [3.8, 4) is 0 Å². The number of carbonyl (C=O) groups is 1. The van der Waals surface area contributed by atoms with E-state index in [0.29, 0.717) is 0 Å². The van der Waals surface area contributed by atoms with Crippen LogP contribution in [0.2, 0.25) is 0 Å². The van der Waals surface area contributed by atoms with Crippen LogP contribution in [0.25, 0.3) is 0 Å². The number of rotatable bonds is 2. The molecule has 1 aromatic rings. The largest absolute Gasteiger partial charge is 0.405 e. The summed E-state index contributed by atoms with van der Waals surface area (Å²) in [4.78, 5) is 12.3. The summed E-state index contributed by atoms with van der Waals surface area (Å²) in [7, 11) is 0. The van der Waals surface area contributed by atoms with Crippen molar-refractivity contribution >= 4 is 5.91 Å². The zero-order valence-electron chi connectivity index (χ0n) is 11.9. The summed E-state index contributed by atoms with van der Waals surface area (Å²) < 4.78 is 38.7. The molecule has 3 unspecified atom stereocenters. The van der Waals surface area contributed by atoms with Gasteiger partial charge in [-0.25, -0.2) is 5.43 Å². The Balaban J connectivity index is 1.73. The highest BCUT2D eigenvalue weighted by atomic mass is 19.4. The molecule has 1 amide bonds. The van der Waals surface area contributed by atoms with E-state index in [4.69, 9.17) is 0 Å². The smallest absolute Gasteiger partial charge is 0.349 e. The summed E-state index contributed by atoms with van der Waals surface area (Å²) >= 11 is 0. The third kappa shape index (κ3) is 2.96. The van der Waals surface area contributed by atoms with Gasteiger partial charge in [-0.15, -0.1) is 0 Å². The molecule has 1 aliphatic heterocycles. The molecule has 4 nitrogen and oxygen atoms in total. The number of nitrogens with one attached hydrogen (secondary N) is 3. The lowest BCUT2D eigenvalue weighted by Gasteiger charge is -2.28. The van der Waals surface area contributed by atoms with Crippen LogP contribution in [0.3, 0.4) is 0 Å². The van der Waals surface area contributed by atoms with Gasteiger partial charge >= 0.3 is 6.18 Å². The average molecular weight is 313 g/mol. The van der Waals surface area contributed by atoms with Crippen molar-refractivity contribution in [1.29, 1.82) is 0 Å². The molecule has 1 heterocycles. The molecule has 1 fully saturated rings. The minimum absolute atomic E-state index is 0.0234. The number of fused-ring (bicyclic) bond motifs is 1. The van der Waals surface area contributed by atoms with Crippen LogP contribution in [0.1, 0.15) is 30.0 Å². The molecule has 3 rings (SSSR count). The molecule has 0 aromatic heterocycles. The summed E-state index contributed by atoms with van der Waals surface area (Å²) in [6, 6.07) is 5.73. The zero-order chi connectivity index (χ0) is 15.7. The molecule has 0 saturated carbocycles. The molecule has 22 heavy (non-hydrogen) atoms. The van der Waals surface area contributed by atoms with E-state index in [2.05, 4.69) is 16.2 Å². The number of halogens is 3. The highest BCUT2D eigenvalue weighted by Gasteiger charge is 2.50. The molecule has 7 heteroatoms. The summed E-state index contributed by atoms with van der Waals surface area (Å²) in [5.41, 5.74) is 6.76. The fourth-order valence-corrected chi connectivity index (χ4v) is 3.23. The second kappa shape index (κ2) is 5.89. The van der Waals surface area contributed by atoms with Crippen molar-refractivity contribution in [3.63, 3.8) is 0 Å². The third-order valence-corrected chi connectivity index (χ3v) is 4.36. The van der Waals surface area contributed by atoms with Crippen LogP contribution < -0.4 is 16.2 Å². The van der Waals surface area contributed by atoms with Crippen LogP contribution in [0.5, 0.6) is 0 Å². The summed E-state index contributed by atoms with van der Waals surface area (Å²) in [5, 5.41) is 2.80. The standard InChI is InChI=1S/C15H18F3N3O/c16-15(17,18)13-11(8-19-21-13)14(22)20-12-7-3-5-9-4-1-2-6-10(9)12/h1-2,4,6,11-13,19,21H,3,5,7-8H2,(H,20,22). The van der Waals surface area contributed by atoms with Gasteiger partial charge in [0.15, 0.2) is 0 Å². The Morgan fingerprint density at radius 3 is 2.82 bits per heavy atom. The van der Waals surface area contributed by atoms with Crippen LogP contribution in [-0.4, -0.2) is 24.7 Å². The highest BCUT2D eigenvalue weighted by molar-refractivity contribution is 5.80. The first-order valence-electron chi connectivity index (χ1n) is 7.40. The number of amides is 1. The van der Waals surface area contributed by atoms with Crippen LogP contribution in [0.4, 0.5) is 13.2 Å². The van der Waals surface area contributed by atoms with Crippen molar-refractivity contribution in [2.24, 2.45) is 5.92 Å². The third-order valence-electron chi connectivity index (χ3n) is 4.36. The first kappa shape index (κ1) is 15.3. The Labute approximate surface area is 126 Å². The Morgan fingerprint density at radius 2 is 2.05 bits per heavy atom. The topological polar surface area (TPSA) is 53.2 Å². The predicted molar refractivity (Wildman–Crippen MR) is 74.7 cm³/mol. The number of benzene rings is 1. The first-order valence-corrected chi connectivity index (χ1v) is 7.40. The van der Waals surface area contributed by atoms with Crippen molar-refractivity contribution in [1.82, 2.24) is 16.2 Å². The van der Waals surface area contributed by atoms with E-state index in [1.807, 2.05) is 24.3 Å². The molecule has 0 bridgehead atoms. The van der Waals surface area contributed by atoms with E-state index in [1.54, 1.807) is 0 Å². The lowest BCUT2D eigenvalue weighted by molar-refractivity contribution is -0.166. The fourth-order valence-electron chi connectivity index (χ4n) is 3.23. The molecule has 120 valence electrons. The normalized spacial score (nSPS) is 28.2. The number of hydrogen-bond donors (Lipinski definition) is 3. The maximum absolute atomic E-state index is 12.9. The van der Waals surface area contributed by atoms with Crippen molar-refractivity contribution < 1.29 is 18.0 Å². The van der Waals surface area contributed by atoms with Crippen molar-refractivity contribution in [2.45, 2.75) is 37.5 Å². The SMILES string of the molecule is O=C(NC1CCCc2ccccc21)C1CNNC1C(F)(F)F. The Hall–Kier alpha value is -1.60. The second-order valence-electron chi connectivity index (χ2n) is 5.80. The van der Waals surface area contributed by atoms with Gasteiger partial charge in [0.2, 0.25) is 5.91 Å². The van der Waals surface area contributed by atoms with Crippen LogP contribution >= 0.6 is 0 Å². The molecule has 3 atom stereocenters. The monoisotopic (exact) mass is 313 g/mol. The van der Waals surface area contributed by atoms with Gasteiger partial charge in [0.1, 0.15) is 6.04 Å². The molecule has 0 radical (unpaired) electrons. The van der Waals surface area contributed by atoms with E-state index < -0.39 is 24.0 Å².